The molecule has 1 aromatic carbocycles. The van der Waals surface area contributed by atoms with Crippen molar-refractivity contribution in [3.63, 3.8) is 0 Å². The molecule has 102 valence electrons. The van der Waals surface area contributed by atoms with Crippen molar-refractivity contribution in [1.29, 1.82) is 0 Å². The maximum atomic E-state index is 11.9. The van der Waals surface area contributed by atoms with E-state index >= 15 is 0 Å². The van der Waals surface area contributed by atoms with Gasteiger partial charge in [-0.3, -0.25) is 4.79 Å². The lowest BCUT2D eigenvalue weighted by Crippen LogP contribution is -2.48. The molecule has 1 atom stereocenters. The maximum Gasteiger partial charge on any atom is 0.226 e. The summed E-state index contributed by atoms with van der Waals surface area (Å²) in [5.74, 6) is 0.110. The van der Waals surface area contributed by atoms with Crippen molar-refractivity contribution in [3.05, 3.63) is 23.8 Å². The molecular formula is C13H16N2O3S. The fourth-order valence-electron chi connectivity index (χ4n) is 2.83. The number of hydrogen-bond donors (Lipinski definition) is 1. The Morgan fingerprint density at radius 1 is 1.37 bits per heavy atom. The summed E-state index contributed by atoms with van der Waals surface area (Å²) < 4.78 is 23.5. The topological polar surface area (TPSA) is 66.5 Å². The van der Waals surface area contributed by atoms with Crippen LogP contribution in [0.5, 0.6) is 0 Å². The fraction of sp³-hybridized carbons (Fsp3) is 0.462. The molecule has 0 aromatic heterocycles. The molecule has 19 heavy (non-hydrogen) atoms. The van der Waals surface area contributed by atoms with Gasteiger partial charge in [0.2, 0.25) is 5.91 Å². The van der Waals surface area contributed by atoms with Gasteiger partial charge in [-0.1, -0.05) is 12.1 Å². The highest BCUT2D eigenvalue weighted by Crippen LogP contribution is 2.35. The van der Waals surface area contributed by atoms with Crippen LogP contribution in [-0.2, 0) is 14.6 Å². The van der Waals surface area contributed by atoms with Gasteiger partial charge in [-0.15, -0.1) is 0 Å². The summed E-state index contributed by atoms with van der Waals surface area (Å²) in [6.45, 7) is 2.40. The van der Waals surface area contributed by atoms with Crippen LogP contribution in [-0.4, -0.2) is 38.4 Å². The second-order valence-electron chi connectivity index (χ2n) is 5.18. The largest absolute Gasteiger partial charge is 0.364 e. The Morgan fingerprint density at radius 2 is 2.16 bits per heavy atom. The quantitative estimate of drug-likeness (QED) is 0.768. The Bertz CT molecular complexity index is 639. The summed E-state index contributed by atoms with van der Waals surface area (Å²) in [6, 6.07) is 5.58. The zero-order valence-electron chi connectivity index (χ0n) is 10.7. The molecule has 1 N–H and O–H groups in total. The van der Waals surface area contributed by atoms with E-state index < -0.39 is 9.84 Å². The smallest absolute Gasteiger partial charge is 0.226 e. The van der Waals surface area contributed by atoms with Gasteiger partial charge in [0.15, 0.2) is 9.84 Å². The Balaban J connectivity index is 2.09. The number of nitrogens with one attached hydrogen (secondary N) is 1. The number of anilines is 2. The van der Waals surface area contributed by atoms with Crippen molar-refractivity contribution in [3.8, 4) is 0 Å². The van der Waals surface area contributed by atoms with Gasteiger partial charge in [-0.2, -0.15) is 0 Å². The summed E-state index contributed by atoms with van der Waals surface area (Å²) in [4.78, 5) is 14.0. The van der Waals surface area contributed by atoms with Crippen molar-refractivity contribution in [2.45, 2.75) is 19.4 Å². The highest BCUT2D eigenvalue weighted by molar-refractivity contribution is 7.91. The Hall–Kier alpha value is -1.56. The lowest BCUT2D eigenvalue weighted by atomic mass is 10.1. The molecule has 2 aliphatic rings. The molecule has 1 aromatic rings. The molecule has 0 radical (unpaired) electrons. The minimum absolute atomic E-state index is 0.0633. The number of amides is 1. The van der Waals surface area contributed by atoms with Gasteiger partial charge in [-0.25, -0.2) is 8.42 Å². The number of fused-ring (bicyclic) bond motifs is 3. The second kappa shape index (κ2) is 4.23. The second-order valence-corrected chi connectivity index (χ2v) is 7.41. The molecule has 6 heteroatoms. The van der Waals surface area contributed by atoms with Crippen molar-refractivity contribution >= 4 is 27.1 Å². The number of carbonyl (C=O) groups excluding carboxylic acids is 1. The van der Waals surface area contributed by atoms with E-state index in [4.69, 9.17) is 0 Å². The number of para-hydroxylation sites is 1. The first-order chi connectivity index (χ1) is 8.96. The zero-order valence-corrected chi connectivity index (χ0v) is 11.5. The predicted octanol–water partition coefficient (Wildman–Crippen LogP) is 0.941. The number of hydrogen-bond acceptors (Lipinski definition) is 4. The van der Waals surface area contributed by atoms with E-state index in [1.54, 1.807) is 0 Å². The highest BCUT2D eigenvalue weighted by atomic mass is 32.2. The van der Waals surface area contributed by atoms with Crippen LogP contribution in [0.15, 0.2) is 18.2 Å². The van der Waals surface area contributed by atoms with Gasteiger partial charge in [-0.05, 0) is 18.6 Å². The minimum atomic E-state index is -3.03. The number of carbonyl (C=O) groups is 1. The molecule has 3 rings (SSSR count). The van der Waals surface area contributed by atoms with E-state index in [0.717, 1.165) is 16.9 Å². The van der Waals surface area contributed by atoms with Crippen LogP contribution in [0, 0.1) is 6.92 Å². The van der Waals surface area contributed by atoms with Crippen LogP contribution in [0.3, 0.4) is 0 Å². The number of aryl methyl sites for hydroxylation is 1. The van der Waals surface area contributed by atoms with Gasteiger partial charge in [0.1, 0.15) is 0 Å². The molecule has 0 bridgehead atoms. The van der Waals surface area contributed by atoms with Gasteiger partial charge in [0.05, 0.1) is 28.9 Å². The normalized spacial score (nSPS) is 25.0. The first kappa shape index (κ1) is 12.5. The van der Waals surface area contributed by atoms with Gasteiger partial charge in [0.25, 0.3) is 0 Å². The Kier molecular flexibility index (Phi) is 2.78. The average molecular weight is 280 g/mol. The number of nitrogens with zero attached hydrogens (tertiary/aromatic N) is 1. The fourth-order valence-corrected chi connectivity index (χ4v) is 4.36. The predicted molar refractivity (Wildman–Crippen MR) is 74.2 cm³/mol. The van der Waals surface area contributed by atoms with Crippen molar-refractivity contribution < 1.29 is 13.2 Å². The Labute approximate surface area is 112 Å². The maximum absolute atomic E-state index is 11.9. The standard InChI is InChI=1S/C13H16N2O3S/c1-9-3-2-4-11-13(9)14-12(16)7-10-8-19(17,18)6-5-15(10)11/h2-4,10H,5-8H2,1H3,(H,14,16). The van der Waals surface area contributed by atoms with E-state index in [1.165, 1.54) is 0 Å². The van der Waals surface area contributed by atoms with Crippen LogP contribution in [0.4, 0.5) is 11.4 Å². The molecule has 0 spiro atoms. The lowest BCUT2D eigenvalue weighted by molar-refractivity contribution is -0.116. The molecule has 1 saturated heterocycles. The zero-order chi connectivity index (χ0) is 13.6. The third-order valence-corrected chi connectivity index (χ3v) is 5.47. The van der Waals surface area contributed by atoms with Crippen molar-refractivity contribution in [1.82, 2.24) is 0 Å². The molecule has 1 unspecified atom stereocenters. The third-order valence-electron chi connectivity index (χ3n) is 3.78. The molecule has 2 heterocycles. The third kappa shape index (κ3) is 2.20. The summed E-state index contributed by atoms with van der Waals surface area (Å²) in [5, 5.41) is 2.90. The molecule has 0 saturated carbocycles. The first-order valence-corrected chi connectivity index (χ1v) is 8.15. The number of sulfone groups is 1. The van der Waals surface area contributed by atoms with E-state index in [0.29, 0.717) is 6.54 Å². The van der Waals surface area contributed by atoms with E-state index in [-0.39, 0.29) is 29.9 Å². The van der Waals surface area contributed by atoms with Crippen LogP contribution in [0.1, 0.15) is 12.0 Å². The van der Waals surface area contributed by atoms with Gasteiger partial charge >= 0.3 is 0 Å². The summed E-state index contributed by atoms with van der Waals surface area (Å²) in [7, 11) is -3.03. The SMILES string of the molecule is Cc1cccc2c1NC(=O)CC1CS(=O)(=O)CCN21. The van der Waals surface area contributed by atoms with Crippen LogP contribution >= 0.6 is 0 Å². The summed E-state index contributed by atoms with van der Waals surface area (Å²) >= 11 is 0. The van der Waals surface area contributed by atoms with Crippen LogP contribution in [0.25, 0.3) is 0 Å². The Morgan fingerprint density at radius 3 is 2.95 bits per heavy atom. The van der Waals surface area contributed by atoms with Gasteiger partial charge < -0.3 is 10.2 Å². The van der Waals surface area contributed by atoms with E-state index in [2.05, 4.69) is 10.2 Å². The molecule has 1 amide bonds. The monoisotopic (exact) mass is 280 g/mol. The van der Waals surface area contributed by atoms with E-state index in [1.807, 2.05) is 25.1 Å². The molecule has 0 aliphatic carbocycles. The van der Waals surface area contributed by atoms with Crippen LogP contribution < -0.4 is 10.2 Å². The van der Waals surface area contributed by atoms with E-state index in [9.17, 15) is 13.2 Å². The van der Waals surface area contributed by atoms with Gasteiger partial charge in [0, 0.05) is 13.0 Å². The summed E-state index contributed by atoms with van der Waals surface area (Å²) in [5.41, 5.74) is 2.75. The number of rotatable bonds is 0. The molecule has 1 fully saturated rings. The van der Waals surface area contributed by atoms with Crippen molar-refractivity contribution in [2.24, 2.45) is 0 Å². The summed E-state index contributed by atoms with van der Waals surface area (Å²) in [6.07, 6.45) is 0.230. The number of benzene rings is 1. The van der Waals surface area contributed by atoms with Crippen LogP contribution in [0.2, 0.25) is 0 Å². The first-order valence-electron chi connectivity index (χ1n) is 6.33. The highest BCUT2D eigenvalue weighted by Gasteiger charge is 2.36. The molecule has 2 aliphatic heterocycles. The lowest BCUT2D eigenvalue weighted by Gasteiger charge is -2.36. The van der Waals surface area contributed by atoms with Crippen molar-refractivity contribution in [2.75, 3.05) is 28.3 Å². The average Bonchev–Trinajstić information content (AvgIpc) is 2.44. The minimum Gasteiger partial charge on any atom is -0.364 e. The molecular weight excluding hydrogens is 264 g/mol. The molecule has 5 nitrogen and oxygen atoms in total.